The Morgan fingerprint density at radius 1 is 1.47 bits per heavy atom. The highest BCUT2D eigenvalue weighted by atomic mass is 16.5. The first-order valence-electron chi connectivity index (χ1n) is 5.89. The fourth-order valence-electron chi connectivity index (χ4n) is 1.65. The largest absolute Gasteiger partial charge is 0.476 e. The van der Waals surface area contributed by atoms with Gasteiger partial charge in [-0.05, 0) is 5.92 Å². The number of rotatable bonds is 7. The number of carbonyl (C=O) groups is 2. The maximum absolute atomic E-state index is 11.6. The van der Waals surface area contributed by atoms with E-state index in [9.17, 15) is 9.59 Å². The Balaban J connectivity index is 2.78. The summed E-state index contributed by atoms with van der Waals surface area (Å²) in [7, 11) is 1.54. The number of ether oxygens (including phenoxy) is 1. The quantitative estimate of drug-likeness (QED) is 0.668. The van der Waals surface area contributed by atoms with E-state index in [0.717, 1.165) is 0 Å². The molecule has 0 radical (unpaired) electrons. The topological polar surface area (TPSA) is 106 Å². The Hall–Kier alpha value is -1.96. The fraction of sp³-hybridized carbons (Fsp3) is 0.636. The molecule has 0 aliphatic carbocycles. The zero-order valence-corrected chi connectivity index (χ0v) is 11.2. The van der Waals surface area contributed by atoms with Crippen molar-refractivity contribution < 1.29 is 19.4 Å². The van der Waals surface area contributed by atoms with E-state index in [1.807, 2.05) is 13.8 Å². The zero-order chi connectivity index (χ0) is 14.4. The van der Waals surface area contributed by atoms with Gasteiger partial charge in [0.2, 0.25) is 5.91 Å². The van der Waals surface area contributed by atoms with Crippen molar-refractivity contribution in [2.75, 3.05) is 20.3 Å². The molecule has 0 aliphatic heterocycles. The average molecular weight is 270 g/mol. The molecule has 0 aliphatic rings. The summed E-state index contributed by atoms with van der Waals surface area (Å²) >= 11 is 0. The van der Waals surface area contributed by atoms with Gasteiger partial charge in [0.05, 0.1) is 12.3 Å². The number of aromatic carboxylic acids is 1. The second-order valence-corrected chi connectivity index (χ2v) is 4.28. The number of methoxy groups -OCH3 is 1. The molecule has 0 aromatic carbocycles. The van der Waals surface area contributed by atoms with Gasteiger partial charge in [-0.1, -0.05) is 19.1 Å². The van der Waals surface area contributed by atoms with Crippen LogP contribution >= 0.6 is 0 Å². The van der Waals surface area contributed by atoms with Crippen LogP contribution in [0, 0.1) is 0 Å². The summed E-state index contributed by atoms with van der Waals surface area (Å²) in [4.78, 5) is 22.6. The van der Waals surface area contributed by atoms with Crippen LogP contribution in [0.3, 0.4) is 0 Å². The van der Waals surface area contributed by atoms with Crippen LogP contribution in [0.5, 0.6) is 0 Å². The van der Waals surface area contributed by atoms with Crippen molar-refractivity contribution in [3.05, 3.63) is 11.4 Å². The number of nitrogens with zero attached hydrogens (tertiary/aromatic N) is 3. The molecular formula is C11H18N4O4. The van der Waals surface area contributed by atoms with Gasteiger partial charge in [-0.25, -0.2) is 9.48 Å². The van der Waals surface area contributed by atoms with Gasteiger partial charge in [-0.2, -0.15) is 0 Å². The number of carboxylic acid groups (broad SMARTS) is 1. The first-order valence-corrected chi connectivity index (χ1v) is 5.89. The molecule has 0 bridgehead atoms. The second kappa shape index (κ2) is 6.83. The van der Waals surface area contributed by atoms with E-state index < -0.39 is 5.97 Å². The monoisotopic (exact) mass is 270 g/mol. The molecule has 8 heteroatoms. The number of hydrogen-bond donors (Lipinski definition) is 2. The third kappa shape index (κ3) is 4.02. The Morgan fingerprint density at radius 3 is 2.68 bits per heavy atom. The molecule has 1 rings (SSSR count). The van der Waals surface area contributed by atoms with Crippen LogP contribution in [0.25, 0.3) is 0 Å². The minimum Gasteiger partial charge on any atom is -0.476 e. The number of amides is 1. The zero-order valence-electron chi connectivity index (χ0n) is 11.2. The number of carbonyl (C=O) groups excluding carboxylic acids is 1. The summed E-state index contributed by atoms with van der Waals surface area (Å²) < 4.78 is 6.13. The highest BCUT2D eigenvalue weighted by Crippen LogP contribution is 2.17. The summed E-state index contributed by atoms with van der Waals surface area (Å²) in [5.41, 5.74) is 0.328. The van der Waals surface area contributed by atoms with Crippen molar-refractivity contribution in [3.63, 3.8) is 0 Å². The van der Waals surface area contributed by atoms with E-state index in [0.29, 0.717) is 18.8 Å². The molecule has 1 aromatic heterocycles. The minimum atomic E-state index is -1.14. The Labute approximate surface area is 110 Å². The van der Waals surface area contributed by atoms with E-state index in [4.69, 9.17) is 9.84 Å². The maximum atomic E-state index is 11.6. The van der Waals surface area contributed by atoms with E-state index >= 15 is 0 Å². The minimum absolute atomic E-state index is 0.0580. The predicted octanol–water partition coefficient (Wildman–Crippen LogP) is -0.138. The molecule has 0 unspecified atom stereocenters. The van der Waals surface area contributed by atoms with Crippen molar-refractivity contribution in [2.45, 2.75) is 26.3 Å². The maximum Gasteiger partial charge on any atom is 0.358 e. The van der Waals surface area contributed by atoms with Gasteiger partial charge in [0.15, 0.2) is 5.69 Å². The molecule has 106 valence electrons. The number of aromatic nitrogens is 3. The van der Waals surface area contributed by atoms with Crippen LogP contribution in [0.15, 0.2) is 0 Å². The van der Waals surface area contributed by atoms with E-state index in [1.165, 1.54) is 4.68 Å². The first kappa shape index (κ1) is 15.1. The van der Waals surface area contributed by atoms with Crippen molar-refractivity contribution in [3.8, 4) is 0 Å². The summed E-state index contributed by atoms with van der Waals surface area (Å²) in [6.07, 6.45) is 0. The summed E-state index contributed by atoms with van der Waals surface area (Å²) in [5.74, 6) is -1.50. The highest BCUT2D eigenvalue weighted by Gasteiger charge is 2.22. The molecule has 1 aromatic rings. The summed E-state index contributed by atoms with van der Waals surface area (Å²) in [6.45, 7) is 4.40. The SMILES string of the molecule is COCCNC(=O)Cn1nnc(C(=O)O)c1C(C)C. The predicted molar refractivity (Wildman–Crippen MR) is 66.0 cm³/mol. The van der Waals surface area contributed by atoms with Crippen LogP contribution in [0.1, 0.15) is 35.9 Å². The smallest absolute Gasteiger partial charge is 0.358 e. The standard InChI is InChI=1S/C11H18N4O4/c1-7(2)10-9(11(17)18)13-14-15(10)6-8(16)12-4-5-19-3/h7H,4-6H2,1-3H3,(H,12,16)(H,17,18). The lowest BCUT2D eigenvalue weighted by Gasteiger charge is -2.10. The van der Waals surface area contributed by atoms with Crippen LogP contribution in [-0.2, 0) is 16.1 Å². The Morgan fingerprint density at radius 2 is 2.16 bits per heavy atom. The molecule has 2 N–H and O–H groups in total. The fourth-order valence-corrected chi connectivity index (χ4v) is 1.65. The van der Waals surface area contributed by atoms with Gasteiger partial charge in [0, 0.05) is 13.7 Å². The Kier molecular flexibility index (Phi) is 5.43. The van der Waals surface area contributed by atoms with Gasteiger partial charge in [-0.15, -0.1) is 5.10 Å². The van der Waals surface area contributed by atoms with Crippen molar-refractivity contribution in [1.29, 1.82) is 0 Å². The van der Waals surface area contributed by atoms with E-state index in [-0.39, 0.29) is 24.1 Å². The number of hydrogen-bond acceptors (Lipinski definition) is 5. The van der Waals surface area contributed by atoms with Crippen LogP contribution in [0.2, 0.25) is 0 Å². The van der Waals surface area contributed by atoms with Crippen molar-refractivity contribution in [2.24, 2.45) is 0 Å². The van der Waals surface area contributed by atoms with Gasteiger partial charge < -0.3 is 15.2 Å². The van der Waals surface area contributed by atoms with Gasteiger partial charge in [0.1, 0.15) is 6.54 Å². The molecule has 0 atom stereocenters. The highest BCUT2D eigenvalue weighted by molar-refractivity contribution is 5.86. The molecule has 0 saturated heterocycles. The summed E-state index contributed by atoms with van der Waals surface area (Å²) in [5, 5.41) is 19.0. The normalized spacial score (nSPS) is 10.7. The first-order chi connectivity index (χ1) is 8.97. The molecular weight excluding hydrogens is 252 g/mol. The van der Waals surface area contributed by atoms with E-state index in [1.54, 1.807) is 7.11 Å². The van der Waals surface area contributed by atoms with Gasteiger partial charge in [0.25, 0.3) is 0 Å². The van der Waals surface area contributed by atoms with Crippen molar-refractivity contribution >= 4 is 11.9 Å². The second-order valence-electron chi connectivity index (χ2n) is 4.28. The number of carboxylic acids is 1. The lowest BCUT2D eigenvalue weighted by Crippen LogP contribution is -2.31. The molecule has 0 saturated carbocycles. The third-order valence-corrected chi connectivity index (χ3v) is 2.44. The third-order valence-electron chi connectivity index (χ3n) is 2.44. The van der Waals surface area contributed by atoms with Gasteiger partial charge >= 0.3 is 5.97 Å². The van der Waals surface area contributed by atoms with E-state index in [2.05, 4.69) is 15.6 Å². The molecule has 8 nitrogen and oxygen atoms in total. The Bertz CT molecular complexity index is 456. The van der Waals surface area contributed by atoms with Gasteiger partial charge in [-0.3, -0.25) is 4.79 Å². The van der Waals surface area contributed by atoms with Crippen LogP contribution in [0.4, 0.5) is 0 Å². The lowest BCUT2D eigenvalue weighted by atomic mass is 10.1. The molecule has 0 spiro atoms. The average Bonchev–Trinajstić information content (AvgIpc) is 2.73. The van der Waals surface area contributed by atoms with Crippen molar-refractivity contribution in [1.82, 2.24) is 20.3 Å². The molecule has 1 amide bonds. The number of nitrogens with one attached hydrogen (secondary N) is 1. The van der Waals surface area contributed by atoms with Crippen LogP contribution < -0.4 is 5.32 Å². The molecule has 19 heavy (non-hydrogen) atoms. The lowest BCUT2D eigenvalue weighted by molar-refractivity contribution is -0.122. The van der Waals surface area contributed by atoms with Crippen LogP contribution in [-0.4, -0.2) is 52.2 Å². The molecule has 0 fully saturated rings. The summed E-state index contributed by atoms with van der Waals surface area (Å²) in [6, 6.07) is 0. The molecule has 1 heterocycles.